The second kappa shape index (κ2) is 6.37. The Hall–Kier alpha value is -2.40. The minimum absolute atomic E-state index is 0.387. The number of nitrogens with two attached hydrogens (primary N) is 2. The Labute approximate surface area is 127 Å². The molecule has 0 atom stereocenters. The van der Waals surface area contributed by atoms with Crippen molar-refractivity contribution >= 4 is 28.9 Å². The van der Waals surface area contributed by atoms with Crippen molar-refractivity contribution in [2.24, 2.45) is 5.73 Å². The predicted molar refractivity (Wildman–Crippen MR) is 84.7 cm³/mol. The summed E-state index contributed by atoms with van der Waals surface area (Å²) in [4.78, 5) is 11.2. The molecule has 0 aliphatic rings. The standard InChI is InChI=1S/C15H16ClN3O2/c1-21-14-4-2-3-11(16)10(14)8-19-13-7-9(15(18)20)5-6-12(13)17/h2-7,19H,8,17H2,1H3,(H2,18,20). The first-order valence-electron chi connectivity index (χ1n) is 6.27. The number of nitrogens with one attached hydrogen (secondary N) is 1. The number of rotatable bonds is 5. The zero-order chi connectivity index (χ0) is 15.4. The van der Waals surface area contributed by atoms with Crippen LogP contribution in [-0.4, -0.2) is 13.0 Å². The SMILES string of the molecule is COc1cccc(Cl)c1CNc1cc(C(N)=O)ccc1N. The number of carbonyl (C=O) groups is 1. The first-order valence-corrected chi connectivity index (χ1v) is 6.65. The molecule has 2 aromatic rings. The van der Waals surface area contributed by atoms with Crippen LogP contribution in [0, 0.1) is 0 Å². The molecule has 0 spiro atoms. The van der Waals surface area contributed by atoms with E-state index in [0.29, 0.717) is 34.3 Å². The number of amides is 1. The van der Waals surface area contributed by atoms with Gasteiger partial charge in [-0.2, -0.15) is 0 Å². The molecule has 0 heterocycles. The molecule has 2 rings (SSSR count). The lowest BCUT2D eigenvalue weighted by Gasteiger charge is -2.14. The van der Waals surface area contributed by atoms with Crippen molar-refractivity contribution in [2.75, 3.05) is 18.2 Å². The lowest BCUT2D eigenvalue weighted by molar-refractivity contribution is 0.100. The Kier molecular flexibility index (Phi) is 4.55. The van der Waals surface area contributed by atoms with Gasteiger partial charge in [0.2, 0.25) is 5.91 Å². The molecule has 6 heteroatoms. The molecule has 1 amide bonds. The Morgan fingerprint density at radius 3 is 2.76 bits per heavy atom. The van der Waals surface area contributed by atoms with Gasteiger partial charge in [-0.1, -0.05) is 17.7 Å². The van der Waals surface area contributed by atoms with E-state index in [4.69, 9.17) is 27.8 Å². The van der Waals surface area contributed by atoms with Crippen LogP contribution < -0.4 is 21.5 Å². The molecule has 5 nitrogen and oxygen atoms in total. The van der Waals surface area contributed by atoms with Crippen molar-refractivity contribution in [3.8, 4) is 5.75 Å². The lowest BCUT2D eigenvalue weighted by Crippen LogP contribution is -2.12. The second-order valence-electron chi connectivity index (χ2n) is 4.44. The summed E-state index contributed by atoms with van der Waals surface area (Å²) in [7, 11) is 1.58. The van der Waals surface area contributed by atoms with Gasteiger partial charge in [0.05, 0.1) is 18.5 Å². The van der Waals surface area contributed by atoms with Crippen molar-refractivity contribution in [1.82, 2.24) is 0 Å². The fourth-order valence-electron chi connectivity index (χ4n) is 1.95. The summed E-state index contributed by atoms with van der Waals surface area (Å²) < 4.78 is 5.28. The van der Waals surface area contributed by atoms with E-state index >= 15 is 0 Å². The predicted octanol–water partition coefficient (Wildman–Crippen LogP) is 2.64. The molecule has 21 heavy (non-hydrogen) atoms. The fraction of sp³-hybridized carbons (Fsp3) is 0.133. The molecule has 5 N–H and O–H groups in total. The average Bonchev–Trinajstić information content (AvgIpc) is 2.47. The van der Waals surface area contributed by atoms with E-state index in [0.717, 1.165) is 5.56 Å². The van der Waals surface area contributed by atoms with Crippen LogP contribution >= 0.6 is 11.6 Å². The number of benzene rings is 2. The van der Waals surface area contributed by atoms with Crippen molar-refractivity contribution < 1.29 is 9.53 Å². The molecule has 0 fully saturated rings. The monoisotopic (exact) mass is 305 g/mol. The van der Waals surface area contributed by atoms with Crippen LogP contribution in [0.3, 0.4) is 0 Å². The van der Waals surface area contributed by atoms with Crippen LogP contribution in [0.15, 0.2) is 36.4 Å². The van der Waals surface area contributed by atoms with Crippen molar-refractivity contribution in [1.29, 1.82) is 0 Å². The zero-order valence-corrected chi connectivity index (χ0v) is 12.3. The largest absolute Gasteiger partial charge is 0.496 e. The highest BCUT2D eigenvalue weighted by atomic mass is 35.5. The first-order chi connectivity index (χ1) is 10.0. The van der Waals surface area contributed by atoms with Gasteiger partial charge < -0.3 is 21.5 Å². The minimum Gasteiger partial charge on any atom is -0.496 e. The molecule has 0 radical (unpaired) electrons. The Bertz CT molecular complexity index is 674. The highest BCUT2D eigenvalue weighted by Gasteiger charge is 2.09. The van der Waals surface area contributed by atoms with Gasteiger partial charge in [0.25, 0.3) is 0 Å². The number of methoxy groups -OCH3 is 1. The van der Waals surface area contributed by atoms with Gasteiger partial charge in [-0.3, -0.25) is 4.79 Å². The van der Waals surface area contributed by atoms with Gasteiger partial charge in [-0.25, -0.2) is 0 Å². The van der Waals surface area contributed by atoms with Crippen LogP contribution in [-0.2, 0) is 6.54 Å². The van der Waals surface area contributed by atoms with E-state index in [9.17, 15) is 4.79 Å². The third-order valence-corrected chi connectivity index (χ3v) is 3.44. The number of ether oxygens (including phenoxy) is 1. The second-order valence-corrected chi connectivity index (χ2v) is 4.85. The molecule has 0 aliphatic carbocycles. The quantitative estimate of drug-likeness (QED) is 0.741. The number of nitrogen functional groups attached to an aromatic ring is 1. The normalized spacial score (nSPS) is 10.2. The van der Waals surface area contributed by atoms with Crippen LogP contribution in [0.2, 0.25) is 5.02 Å². The molecule has 110 valence electrons. The summed E-state index contributed by atoms with van der Waals surface area (Å²) >= 11 is 6.17. The fourth-order valence-corrected chi connectivity index (χ4v) is 2.18. The highest BCUT2D eigenvalue weighted by molar-refractivity contribution is 6.31. The van der Waals surface area contributed by atoms with E-state index in [1.807, 2.05) is 12.1 Å². The maximum absolute atomic E-state index is 11.2. The van der Waals surface area contributed by atoms with Gasteiger partial charge in [0.15, 0.2) is 0 Å². The average molecular weight is 306 g/mol. The molecular weight excluding hydrogens is 290 g/mol. The van der Waals surface area contributed by atoms with E-state index in [-0.39, 0.29) is 0 Å². The summed E-state index contributed by atoms with van der Waals surface area (Å²) in [6, 6.07) is 10.2. The Morgan fingerprint density at radius 1 is 1.33 bits per heavy atom. The number of hydrogen-bond donors (Lipinski definition) is 3. The molecule has 0 aliphatic heterocycles. The molecule has 0 bridgehead atoms. The maximum atomic E-state index is 11.2. The summed E-state index contributed by atoms with van der Waals surface area (Å²) in [5, 5.41) is 3.73. The number of primary amides is 1. The number of anilines is 2. The molecule has 0 saturated carbocycles. The van der Waals surface area contributed by atoms with Crippen molar-refractivity contribution in [2.45, 2.75) is 6.54 Å². The van der Waals surface area contributed by atoms with E-state index in [1.54, 1.807) is 31.4 Å². The third kappa shape index (κ3) is 3.38. The zero-order valence-electron chi connectivity index (χ0n) is 11.5. The molecular formula is C15H16ClN3O2. The first kappa shape index (κ1) is 15.0. The maximum Gasteiger partial charge on any atom is 0.248 e. The number of carbonyl (C=O) groups excluding carboxylic acids is 1. The Balaban J connectivity index is 2.24. The van der Waals surface area contributed by atoms with Crippen LogP contribution in [0.4, 0.5) is 11.4 Å². The van der Waals surface area contributed by atoms with E-state index < -0.39 is 5.91 Å². The number of hydrogen-bond acceptors (Lipinski definition) is 4. The van der Waals surface area contributed by atoms with Gasteiger partial charge in [0, 0.05) is 22.7 Å². The summed E-state index contributed by atoms with van der Waals surface area (Å²) in [5.41, 5.74) is 13.5. The summed E-state index contributed by atoms with van der Waals surface area (Å²) in [6.07, 6.45) is 0. The molecule has 2 aromatic carbocycles. The van der Waals surface area contributed by atoms with E-state index in [1.165, 1.54) is 0 Å². The van der Waals surface area contributed by atoms with Gasteiger partial charge in [-0.15, -0.1) is 0 Å². The highest BCUT2D eigenvalue weighted by Crippen LogP contribution is 2.28. The van der Waals surface area contributed by atoms with Crippen LogP contribution in [0.5, 0.6) is 5.75 Å². The molecule has 0 unspecified atom stereocenters. The van der Waals surface area contributed by atoms with Crippen molar-refractivity contribution in [3.63, 3.8) is 0 Å². The van der Waals surface area contributed by atoms with Crippen LogP contribution in [0.1, 0.15) is 15.9 Å². The van der Waals surface area contributed by atoms with E-state index in [2.05, 4.69) is 5.32 Å². The smallest absolute Gasteiger partial charge is 0.248 e. The number of halogens is 1. The Morgan fingerprint density at radius 2 is 2.10 bits per heavy atom. The van der Waals surface area contributed by atoms with Gasteiger partial charge >= 0.3 is 0 Å². The topological polar surface area (TPSA) is 90.4 Å². The van der Waals surface area contributed by atoms with Gasteiger partial charge in [0.1, 0.15) is 5.75 Å². The van der Waals surface area contributed by atoms with Crippen LogP contribution in [0.25, 0.3) is 0 Å². The van der Waals surface area contributed by atoms with Gasteiger partial charge in [-0.05, 0) is 30.3 Å². The molecule has 0 saturated heterocycles. The third-order valence-electron chi connectivity index (χ3n) is 3.09. The molecule has 0 aromatic heterocycles. The van der Waals surface area contributed by atoms with Crippen molar-refractivity contribution in [3.05, 3.63) is 52.5 Å². The summed E-state index contributed by atoms with van der Waals surface area (Å²) in [6.45, 7) is 0.412. The summed E-state index contributed by atoms with van der Waals surface area (Å²) in [5.74, 6) is 0.174. The minimum atomic E-state index is -0.506. The lowest BCUT2D eigenvalue weighted by atomic mass is 10.1.